The first kappa shape index (κ1) is 33.4. The van der Waals surface area contributed by atoms with Gasteiger partial charge in [0.15, 0.2) is 0 Å². The number of amides is 2. The minimum Gasteiger partial charge on any atom is -0.469 e. The van der Waals surface area contributed by atoms with E-state index in [-0.39, 0.29) is 23.7 Å². The molecule has 0 spiro atoms. The van der Waals surface area contributed by atoms with Gasteiger partial charge in [-0.15, -0.1) is 0 Å². The fourth-order valence-corrected chi connectivity index (χ4v) is 8.76. The Kier molecular flexibility index (Phi) is 11.8. The number of aryl methyl sites for hydroxylation is 2. The fraction of sp³-hybridized carbons (Fsp3) is 0.588. The number of halogens is 3. The van der Waals surface area contributed by atoms with Crippen LogP contribution < -0.4 is 0 Å². The molecule has 2 fully saturated rings. The average molecular weight is 752 g/mol. The zero-order valence-electron chi connectivity index (χ0n) is 25.5. The molecule has 0 N–H and O–H groups in total. The summed E-state index contributed by atoms with van der Waals surface area (Å²) >= 11 is 13.9. The van der Waals surface area contributed by atoms with Gasteiger partial charge in [-0.1, -0.05) is 34.0 Å². The SMILES string of the molecule is COC(=O)CCCCCC(=O)N1CCC(CC(=O)N2CCC(C3c4ncc(Br)cc4CCc4cc(Cl)cc(Br)c43)CC2)CC1. The lowest BCUT2D eigenvalue weighted by atomic mass is 9.76. The van der Waals surface area contributed by atoms with E-state index >= 15 is 0 Å². The van der Waals surface area contributed by atoms with Crippen LogP contribution in [0.1, 0.15) is 92.5 Å². The first-order chi connectivity index (χ1) is 21.2. The molecule has 1 unspecified atom stereocenters. The summed E-state index contributed by atoms with van der Waals surface area (Å²) in [5.74, 6) is 1.11. The molecule has 10 heteroatoms. The summed E-state index contributed by atoms with van der Waals surface area (Å²) in [6.07, 6.45) is 11.3. The lowest BCUT2D eigenvalue weighted by molar-refractivity contribution is -0.140. The van der Waals surface area contributed by atoms with E-state index in [4.69, 9.17) is 16.6 Å². The molecule has 2 aliphatic heterocycles. The molecule has 3 heterocycles. The minimum absolute atomic E-state index is 0.161. The lowest BCUT2D eigenvalue weighted by Crippen LogP contribution is -2.43. The Bertz CT molecular complexity index is 1360. The highest BCUT2D eigenvalue weighted by atomic mass is 79.9. The Morgan fingerprint density at radius 1 is 0.886 bits per heavy atom. The molecular weight excluding hydrogens is 710 g/mol. The van der Waals surface area contributed by atoms with Crippen LogP contribution >= 0.6 is 43.5 Å². The maximum absolute atomic E-state index is 13.4. The van der Waals surface area contributed by atoms with Crippen LogP contribution in [0.4, 0.5) is 0 Å². The van der Waals surface area contributed by atoms with E-state index in [1.165, 1.54) is 23.8 Å². The summed E-state index contributed by atoms with van der Waals surface area (Å²) in [7, 11) is 1.40. The molecule has 2 saturated heterocycles. The summed E-state index contributed by atoms with van der Waals surface area (Å²) in [6.45, 7) is 2.98. The number of hydrogen-bond donors (Lipinski definition) is 0. The van der Waals surface area contributed by atoms with Gasteiger partial charge in [-0.3, -0.25) is 19.4 Å². The predicted molar refractivity (Wildman–Crippen MR) is 179 cm³/mol. The molecule has 2 amide bonds. The molecule has 1 atom stereocenters. The lowest BCUT2D eigenvalue weighted by Gasteiger charge is -2.38. The van der Waals surface area contributed by atoms with Gasteiger partial charge in [0, 0.05) is 71.5 Å². The molecule has 44 heavy (non-hydrogen) atoms. The van der Waals surface area contributed by atoms with Gasteiger partial charge in [0.1, 0.15) is 0 Å². The number of piperidine rings is 2. The molecule has 1 aliphatic carbocycles. The quantitative estimate of drug-likeness (QED) is 0.196. The number of esters is 1. The Hall–Kier alpha value is -1.97. The van der Waals surface area contributed by atoms with Gasteiger partial charge < -0.3 is 14.5 Å². The summed E-state index contributed by atoms with van der Waals surface area (Å²) < 4.78 is 6.71. The van der Waals surface area contributed by atoms with Crippen LogP contribution in [0.5, 0.6) is 0 Å². The van der Waals surface area contributed by atoms with Crippen LogP contribution in [0.25, 0.3) is 0 Å². The van der Waals surface area contributed by atoms with Gasteiger partial charge in [0.2, 0.25) is 11.8 Å². The number of likely N-dealkylation sites (tertiary alicyclic amines) is 2. The molecule has 0 saturated carbocycles. The largest absolute Gasteiger partial charge is 0.469 e. The third kappa shape index (κ3) is 8.24. The first-order valence-corrected chi connectivity index (χ1v) is 17.9. The van der Waals surface area contributed by atoms with E-state index in [2.05, 4.69) is 53.6 Å². The van der Waals surface area contributed by atoms with Gasteiger partial charge in [0.25, 0.3) is 0 Å². The molecule has 7 nitrogen and oxygen atoms in total. The van der Waals surface area contributed by atoms with Crippen molar-refractivity contribution in [1.82, 2.24) is 14.8 Å². The van der Waals surface area contributed by atoms with Crippen LogP contribution in [0, 0.1) is 11.8 Å². The highest BCUT2D eigenvalue weighted by Gasteiger charge is 2.37. The number of nitrogens with zero attached hydrogens (tertiary/aromatic N) is 3. The van der Waals surface area contributed by atoms with E-state index in [0.29, 0.717) is 31.1 Å². The van der Waals surface area contributed by atoms with Crippen LogP contribution in [0.15, 0.2) is 33.3 Å². The van der Waals surface area contributed by atoms with Gasteiger partial charge in [-0.25, -0.2) is 0 Å². The summed E-state index contributed by atoms with van der Waals surface area (Å²) in [5, 5.41) is 0.748. The maximum atomic E-state index is 13.4. The highest BCUT2D eigenvalue weighted by molar-refractivity contribution is 9.10. The molecule has 3 aliphatic rings. The van der Waals surface area contributed by atoms with Crippen molar-refractivity contribution in [3.05, 3.63) is 60.7 Å². The second-order valence-corrected chi connectivity index (χ2v) is 14.7. The van der Waals surface area contributed by atoms with Crippen molar-refractivity contribution in [3.63, 3.8) is 0 Å². The Morgan fingerprint density at radius 3 is 2.27 bits per heavy atom. The zero-order valence-corrected chi connectivity index (χ0v) is 29.4. The molecule has 0 radical (unpaired) electrons. The number of aromatic nitrogens is 1. The third-order valence-corrected chi connectivity index (χ3v) is 11.0. The molecule has 0 bridgehead atoms. The monoisotopic (exact) mass is 749 g/mol. The number of methoxy groups -OCH3 is 1. The van der Waals surface area contributed by atoms with Gasteiger partial charge in [-0.2, -0.15) is 0 Å². The fourth-order valence-electron chi connectivity index (χ4n) is 7.26. The summed E-state index contributed by atoms with van der Waals surface area (Å²) in [6, 6.07) is 6.32. The van der Waals surface area contributed by atoms with Crippen molar-refractivity contribution in [2.75, 3.05) is 33.3 Å². The number of rotatable bonds is 9. The van der Waals surface area contributed by atoms with E-state index in [0.717, 1.165) is 104 Å². The molecular formula is C34H42Br2ClN3O4. The van der Waals surface area contributed by atoms with E-state index in [1.54, 1.807) is 0 Å². The van der Waals surface area contributed by atoms with Gasteiger partial charge in [0.05, 0.1) is 12.8 Å². The normalized spacial score (nSPS) is 19.2. The van der Waals surface area contributed by atoms with Crippen LogP contribution in [0.3, 0.4) is 0 Å². The second kappa shape index (κ2) is 15.5. The van der Waals surface area contributed by atoms with Gasteiger partial charge in [-0.05, 0) is 114 Å². The maximum Gasteiger partial charge on any atom is 0.305 e. The zero-order chi connectivity index (χ0) is 31.2. The number of hydrogen-bond acceptors (Lipinski definition) is 5. The van der Waals surface area contributed by atoms with Gasteiger partial charge >= 0.3 is 5.97 Å². The Balaban J connectivity index is 1.12. The van der Waals surface area contributed by atoms with E-state index in [9.17, 15) is 14.4 Å². The number of carbonyl (C=O) groups excluding carboxylic acids is 3. The summed E-state index contributed by atoms with van der Waals surface area (Å²) in [5.41, 5.74) is 5.02. The third-order valence-electron chi connectivity index (χ3n) is 9.71. The van der Waals surface area contributed by atoms with Crippen molar-refractivity contribution >= 4 is 61.2 Å². The van der Waals surface area contributed by atoms with E-state index < -0.39 is 0 Å². The van der Waals surface area contributed by atoms with Crippen molar-refractivity contribution in [3.8, 4) is 0 Å². The van der Waals surface area contributed by atoms with Crippen LogP contribution in [-0.2, 0) is 32.0 Å². The van der Waals surface area contributed by atoms with Crippen molar-refractivity contribution in [1.29, 1.82) is 0 Å². The standard InChI is InChI=1S/C34H42Br2ClN3O4/c1-44-31(43)6-4-2-3-5-29(41)39-13-9-22(10-14-39)17-30(42)40-15-11-23(12-16-40)33-32-24(19-27(37)20-28(32)36)7-8-25-18-26(35)21-38-34(25)33/h18-23,33H,2-17H2,1H3. The molecule has 2 aromatic rings. The number of fused-ring (bicyclic) bond motifs is 2. The number of unbranched alkanes of at least 4 members (excludes halogenated alkanes) is 2. The molecule has 1 aromatic heterocycles. The second-order valence-electron chi connectivity index (χ2n) is 12.5. The molecule has 5 rings (SSSR count). The minimum atomic E-state index is -0.196. The van der Waals surface area contributed by atoms with E-state index in [1.807, 2.05) is 17.2 Å². The van der Waals surface area contributed by atoms with Crippen molar-refractivity contribution in [2.24, 2.45) is 11.8 Å². The molecule has 238 valence electrons. The Morgan fingerprint density at radius 2 is 1.55 bits per heavy atom. The smallest absolute Gasteiger partial charge is 0.305 e. The first-order valence-electron chi connectivity index (χ1n) is 16.0. The van der Waals surface area contributed by atoms with Crippen LogP contribution in [0.2, 0.25) is 5.02 Å². The number of ether oxygens (including phenoxy) is 1. The predicted octanol–water partition coefficient (Wildman–Crippen LogP) is 7.48. The average Bonchev–Trinajstić information content (AvgIpc) is 3.17. The Labute approximate surface area is 282 Å². The summed E-state index contributed by atoms with van der Waals surface area (Å²) in [4.78, 5) is 46.3. The van der Waals surface area contributed by atoms with Crippen molar-refractivity contribution in [2.45, 2.75) is 83.0 Å². The van der Waals surface area contributed by atoms with Crippen LogP contribution in [-0.4, -0.2) is 65.9 Å². The number of carbonyl (C=O) groups is 3. The highest BCUT2D eigenvalue weighted by Crippen LogP contribution is 2.46. The molecule has 1 aromatic carbocycles. The number of benzene rings is 1. The topological polar surface area (TPSA) is 79.8 Å². The van der Waals surface area contributed by atoms with Crippen molar-refractivity contribution < 1.29 is 19.1 Å². The number of pyridine rings is 1.